The molecule has 0 bridgehead atoms. The molecule has 0 saturated carbocycles. The third-order valence-corrected chi connectivity index (χ3v) is 5.57. The van der Waals surface area contributed by atoms with Gasteiger partial charge in [-0.05, 0) is 30.7 Å². The molecule has 3 heterocycles. The zero-order valence-electron chi connectivity index (χ0n) is 14.8. The molecule has 8 heteroatoms. The van der Waals surface area contributed by atoms with E-state index in [1.54, 1.807) is 11.8 Å². The second kappa shape index (κ2) is 6.63. The molecule has 1 spiro atoms. The lowest BCUT2D eigenvalue weighted by atomic mass is 9.98. The van der Waals surface area contributed by atoms with Crippen molar-refractivity contribution in [1.29, 1.82) is 0 Å². The van der Waals surface area contributed by atoms with E-state index in [0.29, 0.717) is 25.6 Å². The Bertz CT molecular complexity index is 975. The van der Waals surface area contributed by atoms with Gasteiger partial charge >= 0.3 is 0 Å². The lowest BCUT2D eigenvalue weighted by molar-refractivity contribution is -0.370. The van der Waals surface area contributed by atoms with Crippen molar-refractivity contribution in [3.8, 4) is 17.1 Å². The average molecular weight is 382 g/mol. The van der Waals surface area contributed by atoms with Gasteiger partial charge in [-0.2, -0.15) is 9.78 Å². The normalized spacial score (nSPS) is 19.9. The number of rotatable bonds is 4. The van der Waals surface area contributed by atoms with Gasteiger partial charge in [0.05, 0.1) is 12.3 Å². The summed E-state index contributed by atoms with van der Waals surface area (Å²) >= 11 is 1.63. The fraction of sp³-hybridized carbons (Fsp3) is 0.316. The number of thioether (sulfide) groups is 1. The van der Waals surface area contributed by atoms with Crippen LogP contribution in [0, 0.1) is 0 Å². The number of nitrogens with zero attached hydrogens (tertiary/aromatic N) is 4. The zero-order chi connectivity index (χ0) is 18.3. The monoisotopic (exact) mass is 382 g/mol. The third-order valence-electron chi connectivity index (χ3n) is 4.64. The molecule has 7 nitrogen and oxygen atoms in total. The summed E-state index contributed by atoms with van der Waals surface area (Å²) < 4.78 is 18.4. The number of ether oxygens (including phenoxy) is 3. The number of allylic oxidation sites excluding steroid dienone is 2. The van der Waals surface area contributed by atoms with Crippen molar-refractivity contribution in [2.24, 2.45) is 5.10 Å². The van der Waals surface area contributed by atoms with E-state index in [2.05, 4.69) is 16.3 Å². The molecule has 0 amide bonds. The molecule has 0 radical (unpaired) electrons. The van der Waals surface area contributed by atoms with E-state index in [1.165, 1.54) is 0 Å². The highest BCUT2D eigenvalue weighted by Gasteiger charge is 2.38. The van der Waals surface area contributed by atoms with Crippen molar-refractivity contribution in [1.82, 2.24) is 14.9 Å². The summed E-state index contributed by atoms with van der Waals surface area (Å²) in [6.45, 7) is 2.95. The summed E-state index contributed by atoms with van der Waals surface area (Å²) in [6, 6.07) is 7.84. The second-order valence-electron chi connectivity index (χ2n) is 6.33. The molecule has 3 aliphatic rings. The van der Waals surface area contributed by atoms with E-state index >= 15 is 0 Å². The highest BCUT2D eigenvalue weighted by molar-refractivity contribution is 7.99. The number of hydrogen-bond acceptors (Lipinski definition) is 7. The van der Waals surface area contributed by atoms with Gasteiger partial charge in [0.15, 0.2) is 18.4 Å². The first-order chi connectivity index (χ1) is 13.3. The van der Waals surface area contributed by atoms with E-state index in [-0.39, 0.29) is 0 Å². The van der Waals surface area contributed by atoms with E-state index in [4.69, 9.17) is 19.3 Å². The lowest BCUT2D eigenvalue weighted by Gasteiger charge is -2.40. The van der Waals surface area contributed by atoms with Crippen LogP contribution in [0.5, 0.6) is 5.75 Å². The predicted molar refractivity (Wildman–Crippen MR) is 102 cm³/mol. The van der Waals surface area contributed by atoms with Crippen LogP contribution in [0.3, 0.4) is 0 Å². The molecule has 27 heavy (non-hydrogen) atoms. The van der Waals surface area contributed by atoms with Crippen LogP contribution in [0.1, 0.15) is 13.3 Å². The van der Waals surface area contributed by atoms with Gasteiger partial charge in [-0.15, -0.1) is 10.2 Å². The first-order valence-electron chi connectivity index (χ1n) is 8.83. The fourth-order valence-corrected chi connectivity index (χ4v) is 4.02. The Kier molecular flexibility index (Phi) is 4.11. The summed E-state index contributed by atoms with van der Waals surface area (Å²) in [5.74, 6) is 1.71. The molecule has 138 valence electrons. The van der Waals surface area contributed by atoms with E-state index in [0.717, 1.165) is 33.5 Å². The fourth-order valence-electron chi connectivity index (χ4n) is 3.18. The van der Waals surface area contributed by atoms with Gasteiger partial charge in [0.1, 0.15) is 5.75 Å². The zero-order valence-corrected chi connectivity index (χ0v) is 15.6. The van der Waals surface area contributed by atoms with Gasteiger partial charge in [-0.25, -0.2) is 0 Å². The number of aromatic nitrogens is 3. The SMILES string of the molecule is CCOc1cccc(-c2nnc3n2N=C(C2=CCC4(C=C2)OCO4)CS3)c1. The first kappa shape index (κ1) is 16.7. The molecular formula is C19H18N4O3S. The van der Waals surface area contributed by atoms with Crippen LogP contribution in [0.2, 0.25) is 0 Å². The molecule has 0 atom stereocenters. The molecule has 0 unspecified atom stereocenters. The highest BCUT2D eigenvalue weighted by atomic mass is 32.2. The van der Waals surface area contributed by atoms with E-state index in [1.807, 2.05) is 48.0 Å². The summed E-state index contributed by atoms with van der Waals surface area (Å²) in [6.07, 6.45) is 6.80. The van der Waals surface area contributed by atoms with Crippen molar-refractivity contribution in [2.75, 3.05) is 19.2 Å². The molecule has 1 aromatic carbocycles. The van der Waals surface area contributed by atoms with Crippen LogP contribution < -0.4 is 4.74 Å². The Hall–Kier alpha value is -2.42. The van der Waals surface area contributed by atoms with Crippen LogP contribution >= 0.6 is 11.8 Å². The van der Waals surface area contributed by atoms with Gasteiger partial charge in [-0.1, -0.05) is 36.0 Å². The molecule has 2 aliphatic heterocycles. The molecule has 1 saturated heterocycles. The standard InChI is InChI=1S/C19H18N4O3S/c1-2-24-15-5-3-4-14(10-15)17-20-21-18-23(17)22-16(11-27-18)13-6-8-19(9-7-13)25-12-26-19/h3-8,10H,2,9,11-12H2,1H3. The summed E-state index contributed by atoms with van der Waals surface area (Å²) in [5.41, 5.74) is 2.99. The second-order valence-corrected chi connectivity index (χ2v) is 7.27. The minimum absolute atomic E-state index is 0.360. The van der Waals surface area contributed by atoms with Crippen LogP contribution in [0.15, 0.2) is 58.3 Å². The minimum Gasteiger partial charge on any atom is -0.494 e. The Morgan fingerprint density at radius 3 is 2.96 bits per heavy atom. The molecule has 1 aromatic heterocycles. The molecule has 1 fully saturated rings. The Balaban J connectivity index is 1.46. The number of hydrogen-bond donors (Lipinski definition) is 0. The predicted octanol–water partition coefficient (Wildman–Crippen LogP) is 3.24. The molecule has 2 aromatic rings. The van der Waals surface area contributed by atoms with Crippen molar-refractivity contribution in [3.05, 3.63) is 48.1 Å². The van der Waals surface area contributed by atoms with Gasteiger partial charge in [0, 0.05) is 17.7 Å². The minimum atomic E-state index is -0.557. The molecule has 1 aliphatic carbocycles. The van der Waals surface area contributed by atoms with Gasteiger partial charge in [0.25, 0.3) is 0 Å². The van der Waals surface area contributed by atoms with Crippen LogP contribution in [0.4, 0.5) is 0 Å². The van der Waals surface area contributed by atoms with E-state index < -0.39 is 5.79 Å². The average Bonchev–Trinajstić information content (AvgIpc) is 3.11. The van der Waals surface area contributed by atoms with Gasteiger partial charge in [-0.3, -0.25) is 0 Å². The summed E-state index contributed by atoms with van der Waals surface area (Å²) in [5, 5.41) is 14.2. The lowest BCUT2D eigenvalue weighted by Crippen LogP contribution is -2.45. The summed E-state index contributed by atoms with van der Waals surface area (Å²) in [4.78, 5) is 0. The molecule has 0 N–H and O–H groups in total. The summed E-state index contributed by atoms with van der Waals surface area (Å²) in [7, 11) is 0. The maximum absolute atomic E-state index is 5.60. The topological polar surface area (TPSA) is 70.8 Å². The van der Waals surface area contributed by atoms with Crippen molar-refractivity contribution < 1.29 is 14.2 Å². The highest BCUT2D eigenvalue weighted by Crippen LogP contribution is 2.35. The van der Waals surface area contributed by atoms with E-state index in [9.17, 15) is 0 Å². The van der Waals surface area contributed by atoms with Gasteiger partial charge < -0.3 is 14.2 Å². The molecular weight excluding hydrogens is 364 g/mol. The Morgan fingerprint density at radius 1 is 1.30 bits per heavy atom. The van der Waals surface area contributed by atoms with Crippen LogP contribution in [-0.2, 0) is 9.47 Å². The van der Waals surface area contributed by atoms with Crippen molar-refractivity contribution in [3.63, 3.8) is 0 Å². The largest absolute Gasteiger partial charge is 0.494 e. The van der Waals surface area contributed by atoms with Crippen molar-refractivity contribution in [2.45, 2.75) is 24.3 Å². The van der Waals surface area contributed by atoms with Crippen molar-refractivity contribution >= 4 is 17.5 Å². The van der Waals surface area contributed by atoms with Gasteiger partial charge in [0.2, 0.25) is 5.16 Å². The maximum atomic E-state index is 5.60. The Labute approximate surface area is 160 Å². The third kappa shape index (κ3) is 2.99. The quantitative estimate of drug-likeness (QED) is 0.808. The molecule has 5 rings (SSSR count). The Morgan fingerprint density at radius 2 is 2.22 bits per heavy atom. The number of fused-ring (bicyclic) bond motifs is 1. The maximum Gasteiger partial charge on any atom is 0.212 e. The van der Waals surface area contributed by atoms with Crippen LogP contribution in [0.25, 0.3) is 11.4 Å². The van der Waals surface area contributed by atoms with Crippen LogP contribution in [-0.4, -0.2) is 45.5 Å². The number of benzene rings is 1. The smallest absolute Gasteiger partial charge is 0.212 e. The first-order valence-corrected chi connectivity index (χ1v) is 9.82.